The molecule has 0 unspecified atom stereocenters. The van der Waals surface area contributed by atoms with Crippen molar-refractivity contribution in [2.45, 2.75) is 6.42 Å². The quantitative estimate of drug-likeness (QED) is 0.586. The predicted octanol–water partition coefficient (Wildman–Crippen LogP) is 4.57. The summed E-state index contributed by atoms with van der Waals surface area (Å²) in [6.07, 6.45) is 2.56. The van der Waals surface area contributed by atoms with Crippen LogP contribution in [-0.4, -0.2) is 15.1 Å². The van der Waals surface area contributed by atoms with Crippen LogP contribution in [0.2, 0.25) is 0 Å². The van der Waals surface area contributed by atoms with Gasteiger partial charge in [-0.2, -0.15) is 4.98 Å². The fourth-order valence-electron chi connectivity index (χ4n) is 2.47. The molecule has 0 aliphatic rings. The molecule has 4 nitrogen and oxygen atoms in total. The van der Waals surface area contributed by atoms with Crippen molar-refractivity contribution in [1.82, 2.24) is 15.1 Å². The van der Waals surface area contributed by atoms with Crippen molar-refractivity contribution in [3.8, 4) is 11.5 Å². The van der Waals surface area contributed by atoms with Crippen molar-refractivity contribution >= 4 is 26.8 Å². The molecule has 0 aliphatic heterocycles. The van der Waals surface area contributed by atoms with Crippen molar-refractivity contribution in [3.05, 3.63) is 70.6 Å². The van der Waals surface area contributed by atoms with Crippen LogP contribution in [0.25, 0.3) is 22.4 Å². The highest BCUT2D eigenvalue weighted by Crippen LogP contribution is 2.27. The third-order valence-electron chi connectivity index (χ3n) is 3.56. The summed E-state index contributed by atoms with van der Waals surface area (Å²) in [6.45, 7) is 0. The second-order valence-electron chi connectivity index (χ2n) is 5.07. The largest absolute Gasteiger partial charge is 0.360 e. The molecule has 0 fully saturated rings. The summed E-state index contributed by atoms with van der Waals surface area (Å²) in [7, 11) is 0. The summed E-state index contributed by atoms with van der Waals surface area (Å²) in [4.78, 5) is 7.73. The van der Waals surface area contributed by atoms with E-state index in [4.69, 9.17) is 4.52 Å². The first-order valence-corrected chi connectivity index (χ1v) is 7.72. The first-order chi connectivity index (χ1) is 10.8. The molecule has 2 heterocycles. The molecule has 2 aromatic heterocycles. The third-order valence-corrected chi connectivity index (χ3v) is 4.09. The molecule has 0 radical (unpaired) electrons. The van der Waals surface area contributed by atoms with Crippen LogP contribution in [0.3, 0.4) is 0 Å². The van der Waals surface area contributed by atoms with Crippen molar-refractivity contribution < 1.29 is 4.52 Å². The number of rotatable bonds is 3. The average Bonchev–Trinajstić information content (AvgIpc) is 3.16. The van der Waals surface area contributed by atoms with Gasteiger partial charge in [-0.3, -0.25) is 0 Å². The van der Waals surface area contributed by atoms with Gasteiger partial charge in [0, 0.05) is 28.0 Å². The zero-order chi connectivity index (χ0) is 14.9. The zero-order valence-electron chi connectivity index (χ0n) is 11.6. The predicted molar refractivity (Wildman–Crippen MR) is 88.5 cm³/mol. The fraction of sp³-hybridized carbons (Fsp3) is 0.0588. The Kier molecular flexibility index (Phi) is 3.27. The van der Waals surface area contributed by atoms with Gasteiger partial charge >= 0.3 is 0 Å². The van der Waals surface area contributed by atoms with Gasteiger partial charge < -0.3 is 9.51 Å². The summed E-state index contributed by atoms with van der Waals surface area (Å²) >= 11 is 3.43. The summed E-state index contributed by atoms with van der Waals surface area (Å²) in [6, 6.07) is 16.2. The SMILES string of the molecule is Brc1ccc(Cc2noc(-c3c[nH]c4ccccc34)n2)cc1. The minimum absolute atomic E-state index is 0.546. The van der Waals surface area contributed by atoms with Gasteiger partial charge in [-0.15, -0.1) is 0 Å². The fourth-order valence-corrected chi connectivity index (χ4v) is 2.73. The zero-order valence-corrected chi connectivity index (χ0v) is 13.2. The lowest BCUT2D eigenvalue weighted by Gasteiger charge is -1.96. The van der Waals surface area contributed by atoms with Crippen molar-refractivity contribution in [1.29, 1.82) is 0 Å². The van der Waals surface area contributed by atoms with E-state index in [2.05, 4.69) is 31.1 Å². The molecule has 1 N–H and O–H groups in total. The number of aromatic amines is 1. The Bertz CT molecular complexity index is 924. The Labute approximate surface area is 135 Å². The Balaban J connectivity index is 1.65. The van der Waals surface area contributed by atoms with Crippen LogP contribution in [0.5, 0.6) is 0 Å². The maximum absolute atomic E-state index is 5.42. The standard InChI is InChI=1S/C17H12BrN3O/c18-12-7-5-11(6-8-12)9-16-20-17(22-21-16)14-10-19-15-4-2-1-3-13(14)15/h1-8,10,19H,9H2. The highest BCUT2D eigenvalue weighted by Gasteiger charge is 2.13. The van der Waals surface area contributed by atoms with E-state index in [0.717, 1.165) is 26.5 Å². The van der Waals surface area contributed by atoms with E-state index in [1.165, 1.54) is 0 Å². The third kappa shape index (κ3) is 2.44. The van der Waals surface area contributed by atoms with E-state index < -0.39 is 0 Å². The van der Waals surface area contributed by atoms with E-state index in [-0.39, 0.29) is 0 Å². The number of nitrogens with one attached hydrogen (secondary N) is 1. The molecule has 108 valence electrons. The van der Waals surface area contributed by atoms with Crippen molar-refractivity contribution in [3.63, 3.8) is 0 Å². The van der Waals surface area contributed by atoms with Crippen LogP contribution in [0.1, 0.15) is 11.4 Å². The molecule has 0 bridgehead atoms. The van der Waals surface area contributed by atoms with Gasteiger partial charge in [-0.05, 0) is 23.8 Å². The number of hydrogen-bond donors (Lipinski definition) is 1. The van der Waals surface area contributed by atoms with Gasteiger partial charge in [0.05, 0.1) is 5.56 Å². The second kappa shape index (κ2) is 5.42. The molecular weight excluding hydrogens is 342 g/mol. The van der Waals surface area contributed by atoms with Gasteiger partial charge in [0.2, 0.25) is 0 Å². The lowest BCUT2D eigenvalue weighted by Crippen LogP contribution is -1.90. The van der Waals surface area contributed by atoms with Gasteiger partial charge in [0.1, 0.15) is 0 Å². The lowest BCUT2D eigenvalue weighted by atomic mass is 10.1. The van der Waals surface area contributed by atoms with E-state index in [1.54, 1.807) is 0 Å². The van der Waals surface area contributed by atoms with Crippen LogP contribution < -0.4 is 0 Å². The van der Waals surface area contributed by atoms with Crippen LogP contribution in [0.15, 0.2) is 63.7 Å². The maximum Gasteiger partial charge on any atom is 0.260 e. The average molecular weight is 354 g/mol. The number of para-hydroxylation sites is 1. The summed E-state index contributed by atoms with van der Waals surface area (Å²) in [5.74, 6) is 1.23. The number of H-pyrrole nitrogens is 1. The molecule has 5 heteroatoms. The van der Waals surface area contributed by atoms with E-state index in [0.29, 0.717) is 18.1 Å². The van der Waals surface area contributed by atoms with Gasteiger partial charge in [-0.25, -0.2) is 0 Å². The molecule has 0 amide bonds. The normalized spacial score (nSPS) is 11.1. The summed E-state index contributed by atoms with van der Waals surface area (Å²) < 4.78 is 6.48. The molecule has 0 atom stereocenters. The van der Waals surface area contributed by atoms with E-state index in [9.17, 15) is 0 Å². The monoisotopic (exact) mass is 353 g/mol. The minimum atomic E-state index is 0.546. The topological polar surface area (TPSA) is 54.7 Å². The molecule has 4 aromatic rings. The maximum atomic E-state index is 5.42. The van der Waals surface area contributed by atoms with Gasteiger partial charge in [0.15, 0.2) is 5.82 Å². The molecule has 0 saturated carbocycles. The van der Waals surface area contributed by atoms with E-state index in [1.807, 2.05) is 54.7 Å². The Morgan fingerprint density at radius 1 is 1.05 bits per heavy atom. The van der Waals surface area contributed by atoms with Gasteiger partial charge in [-0.1, -0.05) is 51.4 Å². The molecule has 2 aromatic carbocycles. The van der Waals surface area contributed by atoms with Crippen LogP contribution in [-0.2, 0) is 6.42 Å². The van der Waals surface area contributed by atoms with Gasteiger partial charge in [0.25, 0.3) is 5.89 Å². The number of benzene rings is 2. The molecular formula is C17H12BrN3O. The van der Waals surface area contributed by atoms with Crippen molar-refractivity contribution in [2.75, 3.05) is 0 Å². The van der Waals surface area contributed by atoms with Crippen LogP contribution in [0.4, 0.5) is 0 Å². The first kappa shape index (κ1) is 13.3. The van der Waals surface area contributed by atoms with Crippen LogP contribution >= 0.6 is 15.9 Å². The van der Waals surface area contributed by atoms with E-state index >= 15 is 0 Å². The van der Waals surface area contributed by atoms with Crippen LogP contribution in [0, 0.1) is 0 Å². The summed E-state index contributed by atoms with van der Waals surface area (Å²) in [5.41, 5.74) is 3.14. The first-order valence-electron chi connectivity index (χ1n) is 6.93. The molecule has 0 aliphatic carbocycles. The van der Waals surface area contributed by atoms with Crippen molar-refractivity contribution in [2.24, 2.45) is 0 Å². The number of halogens is 1. The summed E-state index contributed by atoms with van der Waals surface area (Å²) in [5, 5.41) is 5.17. The minimum Gasteiger partial charge on any atom is -0.360 e. The smallest absolute Gasteiger partial charge is 0.260 e. The lowest BCUT2D eigenvalue weighted by molar-refractivity contribution is 0.424. The molecule has 4 rings (SSSR count). The molecule has 0 saturated heterocycles. The number of nitrogens with zero attached hydrogens (tertiary/aromatic N) is 2. The number of hydrogen-bond acceptors (Lipinski definition) is 3. The highest BCUT2D eigenvalue weighted by molar-refractivity contribution is 9.10. The molecule has 0 spiro atoms. The Hall–Kier alpha value is -2.40. The highest BCUT2D eigenvalue weighted by atomic mass is 79.9. The number of aromatic nitrogens is 3. The molecule has 22 heavy (non-hydrogen) atoms. The Morgan fingerprint density at radius 3 is 2.73 bits per heavy atom. The second-order valence-corrected chi connectivity index (χ2v) is 5.98. The Morgan fingerprint density at radius 2 is 1.86 bits per heavy atom. The number of fused-ring (bicyclic) bond motifs is 1.